The number of rotatable bonds is 5. The summed E-state index contributed by atoms with van der Waals surface area (Å²) in [7, 11) is 1.60. The molecule has 1 fully saturated rings. The zero-order valence-corrected chi connectivity index (χ0v) is 13.6. The quantitative estimate of drug-likeness (QED) is 0.857. The summed E-state index contributed by atoms with van der Waals surface area (Å²) in [5, 5.41) is 2.86. The molecular weight excluding hydrogens is 331 g/mol. The van der Waals surface area contributed by atoms with Crippen LogP contribution in [0.25, 0.3) is 0 Å². The van der Waals surface area contributed by atoms with E-state index in [4.69, 9.17) is 4.74 Å². The molecule has 25 heavy (non-hydrogen) atoms. The van der Waals surface area contributed by atoms with Gasteiger partial charge in [0.25, 0.3) is 0 Å². The van der Waals surface area contributed by atoms with Gasteiger partial charge >= 0.3 is 6.18 Å². The monoisotopic (exact) mass is 349 g/mol. The van der Waals surface area contributed by atoms with Gasteiger partial charge in [-0.1, -0.05) is 24.3 Å². The van der Waals surface area contributed by atoms with E-state index in [1.54, 1.807) is 13.2 Å². The highest BCUT2D eigenvalue weighted by Crippen LogP contribution is 2.48. The van der Waals surface area contributed by atoms with Crippen LogP contribution in [0.2, 0.25) is 0 Å². The van der Waals surface area contributed by atoms with Crippen molar-refractivity contribution in [3.05, 3.63) is 65.2 Å². The van der Waals surface area contributed by atoms with Gasteiger partial charge in [-0.05, 0) is 47.7 Å². The minimum atomic E-state index is -4.34. The summed E-state index contributed by atoms with van der Waals surface area (Å²) in [6.45, 7) is 0.460. The van der Waals surface area contributed by atoms with Crippen LogP contribution in [0.15, 0.2) is 48.5 Å². The fraction of sp³-hybridized carbons (Fsp3) is 0.316. The first kappa shape index (κ1) is 17.5. The van der Waals surface area contributed by atoms with Gasteiger partial charge in [0.2, 0.25) is 5.91 Å². The van der Waals surface area contributed by atoms with Gasteiger partial charge in [0.15, 0.2) is 0 Å². The number of carbonyl (C=O) groups is 1. The lowest BCUT2D eigenvalue weighted by molar-refractivity contribution is -0.137. The van der Waals surface area contributed by atoms with E-state index >= 15 is 0 Å². The lowest BCUT2D eigenvalue weighted by Gasteiger charge is -2.08. The van der Waals surface area contributed by atoms with Gasteiger partial charge in [0.05, 0.1) is 12.2 Å². The Labute approximate surface area is 143 Å². The highest BCUT2D eigenvalue weighted by atomic mass is 19.4. The number of hydrogen-bond acceptors (Lipinski definition) is 2. The molecule has 2 unspecified atom stereocenters. The number of amides is 1. The molecule has 1 aliphatic carbocycles. The summed E-state index contributed by atoms with van der Waals surface area (Å²) in [5.41, 5.74) is 1.74. The van der Waals surface area contributed by atoms with Crippen molar-refractivity contribution in [1.82, 2.24) is 0 Å². The zero-order valence-electron chi connectivity index (χ0n) is 13.6. The Morgan fingerprint density at radius 1 is 1.20 bits per heavy atom. The highest BCUT2D eigenvalue weighted by molar-refractivity contribution is 5.95. The number of anilines is 1. The second-order valence-electron chi connectivity index (χ2n) is 6.19. The first-order valence-electron chi connectivity index (χ1n) is 7.94. The smallest absolute Gasteiger partial charge is 0.380 e. The van der Waals surface area contributed by atoms with Gasteiger partial charge in [0.1, 0.15) is 0 Å². The van der Waals surface area contributed by atoms with Crippen LogP contribution in [0, 0.1) is 5.92 Å². The van der Waals surface area contributed by atoms with E-state index in [1.807, 2.05) is 18.2 Å². The van der Waals surface area contributed by atoms with E-state index in [0.717, 1.165) is 23.3 Å². The number of methoxy groups -OCH3 is 1. The molecule has 1 N–H and O–H groups in total. The van der Waals surface area contributed by atoms with Crippen LogP contribution in [-0.2, 0) is 22.3 Å². The summed E-state index contributed by atoms with van der Waals surface area (Å²) in [4.78, 5) is 12.3. The van der Waals surface area contributed by atoms with Crippen molar-refractivity contribution in [3.63, 3.8) is 0 Å². The molecule has 0 spiro atoms. The standard InChI is InChI=1S/C19H18F3NO2/c1-25-11-12-3-2-4-15(9-12)23-18(24)17-10-16(17)13-5-7-14(8-6-13)19(20,21)22/h2-9,16-17H,10-11H2,1H3,(H,23,24). The number of ether oxygens (including phenoxy) is 1. The van der Waals surface area contributed by atoms with E-state index in [2.05, 4.69) is 5.32 Å². The summed E-state index contributed by atoms with van der Waals surface area (Å²) in [5.74, 6) is -0.341. The van der Waals surface area contributed by atoms with Crippen molar-refractivity contribution in [1.29, 1.82) is 0 Å². The van der Waals surface area contributed by atoms with Crippen LogP contribution in [0.1, 0.15) is 29.0 Å². The first-order chi connectivity index (χ1) is 11.9. The summed E-state index contributed by atoms with van der Waals surface area (Å²) in [6.07, 6.45) is -3.69. The van der Waals surface area contributed by atoms with Crippen molar-refractivity contribution in [2.24, 2.45) is 5.92 Å². The molecule has 3 nitrogen and oxygen atoms in total. The van der Waals surface area contributed by atoms with Gasteiger partial charge in [-0.25, -0.2) is 0 Å². The van der Waals surface area contributed by atoms with Gasteiger partial charge < -0.3 is 10.1 Å². The molecule has 1 amide bonds. The second-order valence-corrected chi connectivity index (χ2v) is 6.19. The Morgan fingerprint density at radius 3 is 2.56 bits per heavy atom. The predicted octanol–water partition coefficient (Wildman–Crippen LogP) is 4.59. The van der Waals surface area contributed by atoms with Crippen LogP contribution in [-0.4, -0.2) is 13.0 Å². The molecule has 0 aromatic heterocycles. The molecule has 0 bridgehead atoms. The second kappa shape index (κ2) is 6.88. The highest BCUT2D eigenvalue weighted by Gasteiger charge is 2.44. The SMILES string of the molecule is COCc1cccc(NC(=O)C2CC2c2ccc(C(F)(F)F)cc2)c1. The van der Waals surface area contributed by atoms with Crippen LogP contribution < -0.4 is 5.32 Å². The third-order valence-corrected chi connectivity index (χ3v) is 4.30. The largest absolute Gasteiger partial charge is 0.416 e. The van der Waals surface area contributed by atoms with Crippen molar-refractivity contribution in [2.45, 2.75) is 25.1 Å². The van der Waals surface area contributed by atoms with E-state index < -0.39 is 11.7 Å². The first-order valence-corrected chi connectivity index (χ1v) is 7.94. The molecule has 6 heteroatoms. The maximum atomic E-state index is 12.6. The number of halogens is 3. The molecule has 1 saturated carbocycles. The molecule has 2 aromatic rings. The lowest BCUT2D eigenvalue weighted by atomic mass is 10.1. The molecule has 1 aliphatic rings. The maximum Gasteiger partial charge on any atom is 0.416 e. The molecule has 132 valence electrons. The number of benzene rings is 2. The minimum Gasteiger partial charge on any atom is -0.380 e. The fourth-order valence-corrected chi connectivity index (χ4v) is 2.91. The van der Waals surface area contributed by atoms with Gasteiger partial charge in [-0.15, -0.1) is 0 Å². The van der Waals surface area contributed by atoms with Crippen molar-refractivity contribution in [3.8, 4) is 0 Å². The maximum absolute atomic E-state index is 12.6. The Bertz CT molecular complexity index is 756. The van der Waals surface area contributed by atoms with E-state index in [0.29, 0.717) is 18.7 Å². The third kappa shape index (κ3) is 4.20. The van der Waals surface area contributed by atoms with Crippen LogP contribution in [0.3, 0.4) is 0 Å². The molecule has 0 radical (unpaired) electrons. The third-order valence-electron chi connectivity index (χ3n) is 4.30. The number of hydrogen-bond donors (Lipinski definition) is 1. The van der Waals surface area contributed by atoms with Crippen molar-refractivity contribution in [2.75, 3.05) is 12.4 Å². The number of carbonyl (C=O) groups excluding carboxylic acids is 1. The van der Waals surface area contributed by atoms with Gasteiger partial charge in [0, 0.05) is 18.7 Å². The van der Waals surface area contributed by atoms with Gasteiger partial charge in [-0.3, -0.25) is 4.79 Å². The van der Waals surface area contributed by atoms with E-state index in [1.165, 1.54) is 12.1 Å². The van der Waals surface area contributed by atoms with E-state index in [9.17, 15) is 18.0 Å². The topological polar surface area (TPSA) is 38.3 Å². The Balaban J connectivity index is 1.61. The van der Waals surface area contributed by atoms with Crippen LogP contribution >= 0.6 is 0 Å². The van der Waals surface area contributed by atoms with E-state index in [-0.39, 0.29) is 17.7 Å². The summed E-state index contributed by atoms with van der Waals surface area (Å²) >= 11 is 0. The molecule has 0 saturated heterocycles. The molecule has 0 aliphatic heterocycles. The molecule has 2 aromatic carbocycles. The predicted molar refractivity (Wildman–Crippen MR) is 88.1 cm³/mol. The Kier molecular flexibility index (Phi) is 4.81. The minimum absolute atomic E-state index is 0.0237. The number of alkyl halides is 3. The summed E-state index contributed by atoms with van der Waals surface area (Å²) in [6, 6.07) is 12.4. The molecule has 3 rings (SSSR count). The van der Waals surface area contributed by atoms with Crippen LogP contribution in [0.5, 0.6) is 0 Å². The van der Waals surface area contributed by atoms with Crippen molar-refractivity contribution < 1.29 is 22.7 Å². The lowest BCUT2D eigenvalue weighted by Crippen LogP contribution is -2.14. The average molecular weight is 349 g/mol. The van der Waals surface area contributed by atoms with Gasteiger partial charge in [-0.2, -0.15) is 13.2 Å². The molecule has 0 heterocycles. The van der Waals surface area contributed by atoms with Crippen LogP contribution in [0.4, 0.5) is 18.9 Å². The summed E-state index contributed by atoms with van der Waals surface area (Å²) < 4.78 is 42.9. The molecular formula is C19H18F3NO2. The average Bonchev–Trinajstić information content (AvgIpc) is 3.36. The number of nitrogens with one attached hydrogen (secondary N) is 1. The Morgan fingerprint density at radius 2 is 1.92 bits per heavy atom. The zero-order chi connectivity index (χ0) is 18.0. The van der Waals surface area contributed by atoms with Crippen molar-refractivity contribution >= 4 is 11.6 Å². The normalized spacial score (nSPS) is 19.5. The Hall–Kier alpha value is -2.34. The fourth-order valence-electron chi connectivity index (χ4n) is 2.91. The molecule has 2 atom stereocenters.